The summed E-state index contributed by atoms with van der Waals surface area (Å²) in [6.07, 6.45) is 10.7. The highest BCUT2D eigenvalue weighted by atomic mass is 16.4. The molecule has 0 saturated heterocycles. The van der Waals surface area contributed by atoms with E-state index >= 15 is 0 Å². The van der Waals surface area contributed by atoms with Gasteiger partial charge in [0.05, 0.1) is 5.41 Å². The fourth-order valence-corrected chi connectivity index (χ4v) is 2.48. The first-order valence-corrected chi connectivity index (χ1v) is 6.54. The van der Waals surface area contributed by atoms with Gasteiger partial charge in [0.2, 0.25) is 5.91 Å². The Labute approximate surface area is 108 Å². The molecule has 1 amide bonds. The van der Waals surface area contributed by atoms with Gasteiger partial charge in [-0.05, 0) is 19.3 Å². The summed E-state index contributed by atoms with van der Waals surface area (Å²) in [5.74, 6) is 1.50. The van der Waals surface area contributed by atoms with Gasteiger partial charge in [-0.1, -0.05) is 19.3 Å². The van der Waals surface area contributed by atoms with Crippen LogP contribution in [0.5, 0.6) is 0 Å². The molecule has 4 heteroatoms. The van der Waals surface area contributed by atoms with E-state index in [4.69, 9.17) is 6.42 Å². The van der Waals surface area contributed by atoms with E-state index in [-0.39, 0.29) is 12.3 Å². The van der Waals surface area contributed by atoms with Crippen LogP contribution in [0.3, 0.4) is 0 Å². The Bertz CT molecular complexity index is 337. The first kappa shape index (κ1) is 14.6. The first-order chi connectivity index (χ1) is 8.60. The molecule has 0 aromatic rings. The number of rotatable bonds is 6. The number of carboxylic acids is 1. The molecular weight excluding hydrogens is 230 g/mol. The molecule has 0 aliphatic heterocycles. The zero-order valence-electron chi connectivity index (χ0n) is 10.7. The molecule has 1 aliphatic rings. The second-order valence-electron chi connectivity index (χ2n) is 4.98. The molecule has 18 heavy (non-hydrogen) atoms. The lowest BCUT2D eigenvalue weighted by Gasteiger charge is -2.32. The SMILES string of the molecule is C#CCCCNC(=O)CC1(C(=O)O)CCCCC1. The first-order valence-electron chi connectivity index (χ1n) is 6.54. The van der Waals surface area contributed by atoms with Crippen molar-refractivity contribution in [2.45, 2.75) is 51.4 Å². The molecule has 0 bridgehead atoms. The molecule has 4 nitrogen and oxygen atoms in total. The van der Waals surface area contributed by atoms with E-state index in [1.807, 2.05) is 0 Å². The van der Waals surface area contributed by atoms with E-state index in [1.165, 1.54) is 0 Å². The van der Waals surface area contributed by atoms with Gasteiger partial charge >= 0.3 is 5.97 Å². The van der Waals surface area contributed by atoms with Crippen molar-refractivity contribution in [2.24, 2.45) is 5.41 Å². The highest BCUT2D eigenvalue weighted by molar-refractivity contribution is 5.85. The summed E-state index contributed by atoms with van der Waals surface area (Å²) < 4.78 is 0. The van der Waals surface area contributed by atoms with Gasteiger partial charge in [0.1, 0.15) is 0 Å². The minimum absolute atomic E-state index is 0.0956. The molecule has 0 spiro atoms. The van der Waals surface area contributed by atoms with Crippen LogP contribution in [-0.2, 0) is 9.59 Å². The molecule has 2 N–H and O–H groups in total. The monoisotopic (exact) mass is 251 g/mol. The number of nitrogens with one attached hydrogen (secondary N) is 1. The molecule has 0 atom stereocenters. The third-order valence-corrected chi connectivity index (χ3v) is 3.58. The normalized spacial score (nSPS) is 17.7. The predicted molar refractivity (Wildman–Crippen MR) is 68.8 cm³/mol. The van der Waals surface area contributed by atoms with Gasteiger partial charge in [0.15, 0.2) is 0 Å². The maximum atomic E-state index is 11.8. The predicted octanol–water partition coefficient (Wildman–Crippen LogP) is 1.94. The summed E-state index contributed by atoms with van der Waals surface area (Å²) in [5, 5.41) is 12.1. The number of hydrogen-bond donors (Lipinski definition) is 2. The topological polar surface area (TPSA) is 66.4 Å². The Morgan fingerprint density at radius 2 is 1.94 bits per heavy atom. The van der Waals surface area contributed by atoms with Crippen LogP contribution in [0.4, 0.5) is 0 Å². The van der Waals surface area contributed by atoms with E-state index in [0.29, 0.717) is 25.8 Å². The van der Waals surface area contributed by atoms with Crippen molar-refractivity contribution in [2.75, 3.05) is 6.54 Å². The maximum Gasteiger partial charge on any atom is 0.310 e. The number of carbonyl (C=O) groups is 2. The second kappa shape index (κ2) is 7.05. The number of terminal acetylenes is 1. The van der Waals surface area contributed by atoms with E-state index in [1.54, 1.807) is 0 Å². The molecule has 100 valence electrons. The summed E-state index contributed by atoms with van der Waals surface area (Å²) in [6.45, 7) is 0.527. The zero-order valence-corrected chi connectivity index (χ0v) is 10.7. The lowest BCUT2D eigenvalue weighted by Crippen LogP contribution is -2.39. The summed E-state index contributed by atoms with van der Waals surface area (Å²) in [6, 6.07) is 0. The molecule has 1 fully saturated rings. The highest BCUT2D eigenvalue weighted by Crippen LogP contribution is 2.39. The molecule has 1 saturated carbocycles. The highest BCUT2D eigenvalue weighted by Gasteiger charge is 2.41. The lowest BCUT2D eigenvalue weighted by molar-refractivity contribution is -0.154. The van der Waals surface area contributed by atoms with Crippen molar-refractivity contribution in [1.29, 1.82) is 0 Å². The molecular formula is C14H21NO3. The number of carbonyl (C=O) groups excluding carboxylic acids is 1. The molecule has 1 aliphatic carbocycles. The Morgan fingerprint density at radius 1 is 1.28 bits per heavy atom. The van der Waals surface area contributed by atoms with Gasteiger partial charge in [0.25, 0.3) is 0 Å². The van der Waals surface area contributed by atoms with Crippen LogP contribution >= 0.6 is 0 Å². The van der Waals surface area contributed by atoms with Crippen LogP contribution in [0.15, 0.2) is 0 Å². The van der Waals surface area contributed by atoms with Crippen LogP contribution in [0.1, 0.15) is 51.4 Å². The smallest absolute Gasteiger partial charge is 0.310 e. The Balaban J connectivity index is 2.44. The lowest BCUT2D eigenvalue weighted by atomic mass is 9.71. The molecule has 0 unspecified atom stereocenters. The van der Waals surface area contributed by atoms with Crippen molar-refractivity contribution in [3.8, 4) is 12.3 Å². The third-order valence-electron chi connectivity index (χ3n) is 3.58. The summed E-state index contributed by atoms with van der Waals surface area (Å²) in [5.41, 5.74) is -0.839. The van der Waals surface area contributed by atoms with E-state index in [9.17, 15) is 14.7 Å². The number of carboxylic acid groups (broad SMARTS) is 1. The van der Waals surface area contributed by atoms with Crippen LogP contribution in [0.2, 0.25) is 0 Å². The van der Waals surface area contributed by atoms with E-state index in [2.05, 4.69) is 11.2 Å². The van der Waals surface area contributed by atoms with Gasteiger partial charge in [0, 0.05) is 19.4 Å². The second-order valence-corrected chi connectivity index (χ2v) is 4.98. The van der Waals surface area contributed by atoms with Gasteiger partial charge in [-0.25, -0.2) is 0 Å². The number of unbranched alkanes of at least 4 members (excludes halogenated alkanes) is 1. The molecule has 0 aromatic heterocycles. The van der Waals surface area contributed by atoms with Gasteiger partial charge < -0.3 is 10.4 Å². The Morgan fingerprint density at radius 3 is 2.50 bits per heavy atom. The van der Waals surface area contributed by atoms with Crippen molar-refractivity contribution in [3.05, 3.63) is 0 Å². The standard InChI is InChI=1S/C14H21NO3/c1-2-3-7-10-15-12(16)11-14(13(17)18)8-5-4-6-9-14/h1H,3-11H2,(H,15,16)(H,17,18). The Kier molecular flexibility index (Phi) is 5.70. The largest absolute Gasteiger partial charge is 0.481 e. The van der Waals surface area contributed by atoms with Crippen LogP contribution in [0, 0.1) is 17.8 Å². The number of hydrogen-bond acceptors (Lipinski definition) is 2. The summed E-state index contributed by atoms with van der Waals surface area (Å²) in [4.78, 5) is 23.1. The van der Waals surface area contributed by atoms with E-state index in [0.717, 1.165) is 25.7 Å². The van der Waals surface area contributed by atoms with Crippen LogP contribution < -0.4 is 5.32 Å². The minimum atomic E-state index is -0.839. The molecule has 0 radical (unpaired) electrons. The van der Waals surface area contributed by atoms with Crippen LogP contribution in [-0.4, -0.2) is 23.5 Å². The number of aliphatic carboxylic acids is 1. The average Bonchev–Trinajstić information content (AvgIpc) is 2.35. The van der Waals surface area contributed by atoms with Crippen LogP contribution in [0.25, 0.3) is 0 Å². The van der Waals surface area contributed by atoms with Gasteiger partial charge in [-0.2, -0.15) is 0 Å². The third kappa shape index (κ3) is 4.06. The zero-order chi connectivity index (χ0) is 13.4. The average molecular weight is 251 g/mol. The van der Waals surface area contributed by atoms with Crippen molar-refractivity contribution < 1.29 is 14.7 Å². The summed E-state index contributed by atoms with van der Waals surface area (Å²) >= 11 is 0. The van der Waals surface area contributed by atoms with Crippen molar-refractivity contribution >= 4 is 11.9 Å². The fraction of sp³-hybridized carbons (Fsp3) is 0.714. The molecule has 0 heterocycles. The van der Waals surface area contributed by atoms with Crippen molar-refractivity contribution in [3.63, 3.8) is 0 Å². The fourth-order valence-electron chi connectivity index (χ4n) is 2.48. The van der Waals surface area contributed by atoms with Gasteiger partial charge in [-0.3, -0.25) is 9.59 Å². The maximum absolute atomic E-state index is 11.8. The minimum Gasteiger partial charge on any atom is -0.481 e. The Hall–Kier alpha value is -1.50. The van der Waals surface area contributed by atoms with Gasteiger partial charge in [-0.15, -0.1) is 12.3 Å². The van der Waals surface area contributed by atoms with E-state index < -0.39 is 11.4 Å². The molecule has 0 aromatic carbocycles. The molecule has 1 rings (SSSR count). The summed E-state index contributed by atoms with van der Waals surface area (Å²) in [7, 11) is 0. The number of amides is 1. The quantitative estimate of drug-likeness (QED) is 0.560. The van der Waals surface area contributed by atoms with Crippen molar-refractivity contribution in [1.82, 2.24) is 5.32 Å².